The second-order valence-electron chi connectivity index (χ2n) is 5.03. The highest BCUT2D eigenvalue weighted by molar-refractivity contribution is 5.84. The van der Waals surface area contributed by atoms with E-state index in [0.717, 1.165) is 5.56 Å². The Kier molecular flexibility index (Phi) is 4.74. The van der Waals surface area contributed by atoms with Gasteiger partial charge in [-0.3, -0.25) is 9.59 Å². The zero-order valence-corrected chi connectivity index (χ0v) is 11.8. The first kappa shape index (κ1) is 14.5. The molecule has 0 spiro atoms. The third kappa shape index (κ3) is 3.17. The fourth-order valence-electron chi connectivity index (χ4n) is 2.53. The molecule has 1 unspecified atom stereocenters. The standard InChI is InChI=1S/C15H21N3O2/c1-12(19)17-7-9-18(10-8-17)15(20)14(11-16)13-5-3-2-4-6-13/h2-6,14H,7-11,16H2,1H3. The van der Waals surface area contributed by atoms with Crippen molar-refractivity contribution >= 4 is 11.8 Å². The average Bonchev–Trinajstić information content (AvgIpc) is 2.49. The number of hydrogen-bond donors (Lipinski definition) is 1. The van der Waals surface area contributed by atoms with Gasteiger partial charge in [-0.15, -0.1) is 0 Å². The number of hydrogen-bond acceptors (Lipinski definition) is 3. The van der Waals surface area contributed by atoms with Crippen molar-refractivity contribution in [1.29, 1.82) is 0 Å². The normalized spacial score (nSPS) is 16.9. The molecular formula is C15H21N3O2. The lowest BCUT2D eigenvalue weighted by Gasteiger charge is -2.36. The summed E-state index contributed by atoms with van der Waals surface area (Å²) < 4.78 is 0. The summed E-state index contributed by atoms with van der Waals surface area (Å²) in [6.07, 6.45) is 0. The molecule has 1 saturated heterocycles. The quantitative estimate of drug-likeness (QED) is 0.869. The molecule has 20 heavy (non-hydrogen) atoms. The molecule has 1 heterocycles. The van der Waals surface area contributed by atoms with E-state index in [1.165, 1.54) is 0 Å². The van der Waals surface area contributed by atoms with E-state index >= 15 is 0 Å². The number of benzene rings is 1. The van der Waals surface area contributed by atoms with Gasteiger partial charge in [0.2, 0.25) is 11.8 Å². The number of carbonyl (C=O) groups excluding carboxylic acids is 2. The van der Waals surface area contributed by atoms with Crippen molar-refractivity contribution in [2.24, 2.45) is 5.73 Å². The number of nitrogens with two attached hydrogens (primary N) is 1. The molecule has 1 aliphatic rings. The van der Waals surface area contributed by atoms with E-state index < -0.39 is 0 Å². The summed E-state index contributed by atoms with van der Waals surface area (Å²) in [5.41, 5.74) is 6.73. The van der Waals surface area contributed by atoms with E-state index in [-0.39, 0.29) is 17.7 Å². The third-order valence-electron chi connectivity index (χ3n) is 3.77. The van der Waals surface area contributed by atoms with Crippen LogP contribution in [0.3, 0.4) is 0 Å². The van der Waals surface area contributed by atoms with Crippen LogP contribution in [0.4, 0.5) is 0 Å². The molecule has 1 aromatic carbocycles. The van der Waals surface area contributed by atoms with Gasteiger partial charge < -0.3 is 15.5 Å². The van der Waals surface area contributed by atoms with Crippen LogP contribution in [0.5, 0.6) is 0 Å². The summed E-state index contributed by atoms with van der Waals surface area (Å²) in [6.45, 7) is 4.24. The van der Waals surface area contributed by atoms with Crippen molar-refractivity contribution in [2.75, 3.05) is 32.7 Å². The van der Waals surface area contributed by atoms with Gasteiger partial charge in [0.25, 0.3) is 0 Å². The second kappa shape index (κ2) is 6.52. The number of amides is 2. The Morgan fingerprint density at radius 3 is 2.15 bits per heavy atom. The Labute approximate surface area is 119 Å². The van der Waals surface area contributed by atoms with E-state index in [2.05, 4.69) is 0 Å². The van der Waals surface area contributed by atoms with Gasteiger partial charge in [-0.25, -0.2) is 0 Å². The molecule has 0 aliphatic carbocycles. The maximum atomic E-state index is 12.5. The van der Waals surface area contributed by atoms with Crippen LogP contribution in [0, 0.1) is 0 Å². The Bertz CT molecular complexity index is 467. The topological polar surface area (TPSA) is 66.6 Å². The van der Waals surface area contributed by atoms with Crippen LogP contribution in [0.25, 0.3) is 0 Å². The van der Waals surface area contributed by atoms with E-state index in [0.29, 0.717) is 32.7 Å². The Hall–Kier alpha value is -1.88. The summed E-state index contributed by atoms with van der Waals surface area (Å²) in [5, 5.41) is 0. The predicted molar refractivity (Wildman–Crippen MR) is 77.1 cm³/mol. The third-order valence-corrected chi connectivity index (χ3v) is 3.77. The van der Waals surface area contributed by atoms with Gasteiger partial charge in [-0.05, 0) is 5.56 Å². The van der Waals surface area contributed by atoms with E-state index in [1.807, 2.05) is 35.2 Å². The maximum absolute atomic E-state index is 12.5. The fourth-order valence-corrected chi connectivity index (χ4v) is 2.53. The molecule has 1 aliphatic heterocycles. The molecule has 1 aromatic rings. The van der Waals surface area contributed by atoms with Crippen LogP contribution in [0.1, 0.15) is 18.4 Å². The average molecular weight is 275 g/mol. The van der Waals surface area contributed by atoms with Gasteiger partial charge in [-0.2, -0.15) is 0 Å². The summed E-state index contributed by atoms with van der Waals surface area (Å²) in [6, 6.07) is 9.62. The predicted octanol–water partition coefficient (Wildman–Crippen LogP) is 0.420. The van der Waals surface area contributed by atoms with Crippen LogP contribution >= 0.6 is 0 Å². The van der Waals surface area contributed by atoms with Crippen molar-refractivity contribution in [2.45, 2.75) is 12.8 Å². The molecule has 0 radical (unpaired) electrons. The highest BCUT2D eigenvalue weighted by Crippen LogP contribution is 2.18. The van der Waals surface area contributed by atoms with E-state index in [1.54, 1.807) is 11.8 Å². The Morgan fingerprint density at radius 1 is 1.10 bits per heavy atom. The fraction of sp³-hybridized carbons (Fsp3) is 0.467. The molecule has 1 atom stereocenters. The summed E-state index contributed by atoms with van der Waals surface area (Å²) in [5.74, 6) is -0.169. The molecule has 5 heteroatoms. The van der Waals surface area contributed by atoms with Gasteiger partial charge >= 0.3 is 0 Å². The van der Waals surface area contributed by atoms with Gasteiger partial charge in [0.15, 0.2) is 0 Å². The lowest BCUT2D eigenvalue weighted by Crippen LogP contribution is -2.51. The van der Waals surface area contributed by atoms with Crippen LogP contribution in [0.2, 0.25) is 0 Å². The summed E-state index contributed by atoms with van der Waals surface area (Å²) in [4.78, 5) is 27.4. The van der Waals surface area contributed by atoms with Crippen molar-refractivity contribution in [3.8, 4) is 0 Å². The SMILES string of the molecule is CC(=O)N1CCN(C(=O)C(CN)c2ccccc2)CC1. The summed E-state index contributed by atoms with van der Waals surface area (Å²) >= 11 is 0. The van der Waals surface area contributed by atoms with Crippen LogP contribution in [-0.2, 0) is 9.59 Å². The molecule has 108 valence electrons. The first-order chi connectivity index (χ1) is 9.63. The molecule has 1 fully saturated rings. The van der Waals surface area contributed by atoms with Gasteiger partial charge in [0.1, 0.15) is 0 Å². The first-order valence-electron chi connectivity index (χ1n) is 6.92. The highest BCUT2D eigenvalue weighted by Gasteiger charge is 2.28. The summed E-state index contributed by atoms with van der Waals surface area (Å²) in [7, 11) is 0. The van der Waals surface area contributed by atoms with Gasteiger partial charge in [0, 0.05) is 39.6 Å². The van der Waals surface area contributed by atoms with Crippen molar-refractivity contribution in [3.05, 3.63) is 35.9 Å². The molecule has 2 N–H and O–H groups in total. The molecule has 2 amide bonds. The van der Waals surface area contributed by atoms with Gasteiger partial charge in [-0.1, -0.05) is 30.3 Å². The highest BCUT2D eigenvalue weighted by atomic mass is 16.2. The minimum Gasteiger partial charge on any atom is -0.339 e. The largest absolute Gasteiger partial charge is 0.339 e. The minimum atomic E-state index is -0.292. The van der Waals surface area contributed by atoms with Crippen molar-refractivity contribution in [3.63, 3.8) is 0 Å². The molecule has 2 rings (SSSR count). The second-order valence-corrected chi connectivity index (χ2v) is 5.03. The minimum absolute atomic E-state index is 0.0573. The molecule has 5 nitrogen and oxygen atoms in total. The molecule has 0 saturated carbocycles. The maximum Gasteiger partial charge on any atom is 0.231 e. The zero-order valence-electron chi connectivity index (χ0n) is 11.8. The molecule has 0 bridgehead atoms. The number of carbonyl (C=O) groups is 2. The van der Waals surface area contributed by atoms with Crippen LogP contribution in [0.15, 0.2) is 30.3 Å². The Balaban J connectivity index is 2.02. The lowest BCUT2D eigenvalue weighted by atomic mass is 9.97. The van der Waals surface area contributed by atoms with E-state index in [9.17, 15) is 9.59 Å². The first-order valence-corrected chi connectivity index (χ1v) is 6.92. The smallest absolute Gasteiger partial charge is 0.231 e. The molecule has 0 aromatic heterocycles. The van der Waals surface area contributed by atoms with Gasteiger partial charge in [0.05, 0.1) is 5.92 Å². The number of rotatable bonds is 3. The molecular weight excluding hydrogens is 254 g/mol. The van der Waals surface area contributed by atoms with E-state index in [4.69, 9.17) is 5.73 Å². The monoisotopic (exact) mass is 275 g/mol. The zero-order chi connectivity index (χ0) is 14.5. The lowest BCUT2D eigenvalue weighted by molar-refractivity contribution is -0.139. The van der Waals surface area contributed by atoms with Crippen LogP contribution < -0.4 is 5.73 Å². The number of piperazine rings is 1. The Morgan fingerprint density at radius 2 is 1.65 bits per heavy atom. The van der Waals surface area contributed by atoms with Crippen molar-refractivity contribution in [1.82, 2.24) is 9.80 Å². The van der Waals surface area contributed by atoms with Crippen molar-refractivity contribution < 1.29 is 9.59 Å². The van der Waals surface area contributed by atoms with Crippen LogP contribution in [-0.4, -0.2) is 54.3 Å². The number of nitrogens with zero attached hydrogens (tertiary/aromatic N) is 2.